The molecular weight excluding hydrogens is 188 g/mol. The Kier molecular flexibility index (Phi) is 4.42. The van der Waals surface area contributed by atoms with Gasteiger partial charge in [0.15, 0.2) is 0 Å². The Morgan fingerprint density at radius 2 is 2.20 bits per heavy atom. The van der Waals surface area contributed by atoms with Crippen molar-refractivity contribution in [2.24, 2.45) is 5.92 Å². The van der Waals surface area contributed by atoms with E-state index in [1.807, 2.05) is 0 Å². The fourth-order valence-electron chi connectivity index (χ4n) is 2.59. The van der Waals surface area contributed by atoms with Crippen molar-refractivity contribution >= 4 is 0 Å². The van der Waals surface area contributed by atoms with Crippen LogP contribution in [0.25, 0.3) is 0 Å². The predicted molar refractivity (Wildman–Crippen MR) is 62.0 cm³/mol. The minimum absolute atomic E-state index is 0.455. The maximum absolute atomic E-state index is 5.55. The van der Waals surface area contributed by atoms with Crippen molar-refractivity contribution in [2.45, 2.75) is 44.8 Å². The molecule has 0 aromatic heterocycles. The molecule has 0 aromatic carbocycles. The molecule has 2 aliphatic heterocycles. The number of hydrogen-bond donors (Lipinski definition) is 2. The van der Waals surface area contributed by atoms with Crippen molar-refractivity contribution in [3.63, 3.8) is 0 Å². The Bertz CT molecular complexity index is 180. The van der Waals surface area contributed by atoms with Crippen LogP contribution >= 0.6 is 0 Å². The van der Waals surface area contributed by atoms with Gasteiger partial charge >= 0.3 is 0 Å². The van der Waals surface area contributed by atoms with Gasteiger partial charge in [0.2, 0.25) is 0 Å². The van der Waals surface area contributed by atoms with Gasteiger partial charge in [-0.15, -0.1) is 0 Å². The molecule has 0 radical (unpaired) electrons. The second-order valence-electron chi connectivity index (χ2n) is 4.93. The van der Waals surface area contributed by atoms with Crippen molar-refractivity contribution in [3.8, 4) is 0 Å². The van der Waals surface area contributed by atoms with Gasteiger partial charge < -0.3 is 15.4 Å². The second kappa shape index (κ2) is 5.83. The van der Waals surface area contributed by atoms with E-state index >= 15 is 0 Å². The van der Waals surface area contributed by atoms with E-state index in [-0.39, 0.29) is 0 Å². The first kappa shape index (κ1) is 11.4. The van der Waals surface area contributed by atoms with Crippen LogP contribution in [0.1, 0.15) is 32.6 Å². The van der Waals surface area contributed by atoms with Crippen LogP contribution in [0.3, 0.4) is 0 Å². The highest BCUT2D eigenvalue weighted by Gasteiger charge is 2.23. The summed E-state index contributed by atoms with van der Waals surface area (Å²) in [6, 6.07) is 0.705. The molecule has 0 amide bonds. The van der Waals surface area contributed by atoms with Crippen molar-refractivity contribution in [1.29, 1.82) is 0 Å². The zero-order valence-electron chi connectivity index (χ0n) is 9.80. The van der Waals surface area contributed by atoms with Gasteiger partial charge in [0.05, 0.1) is 6.10 Å². The smallest absolute Gasteiger partial charge is 0.0588 e. The standard InChI is InChI=1S/C12H24N2O/c1-10-11(5-7-15-10)8-13-9-12-4-2-3-6-14-12/h10-14H,2-9H2,1H3. The Balaban J connectivity index is 1.57. The van der Waals surface area contributed by atoms with E-state index in [2.05, 4.69) is 17.6 Å². The van der Waals surface area contributed by atoms with Crippen molar-refractivity contribution < 1.29 is 4.74 Å². The second-order valence-corrected chi connectivity index (χ2v) is 4.93. The van der Waals surface area contributed by atoms with Crippen LogP contribution < -0.4 is 10.6 Å². The first-order valence-corrected chi connectivity index (χ1v) is 6.42. The molecule has 2 N–H and O–H groups in total. The summed E-state index contributed by atoms with van der Waals surface area (Å²) in [6.45, 7) is 6.60. The van der Waals surface area contributed by atoms with Gasteiger partial charge in [0, 0.05) is 25.7 Å². The van der Waals surface area contributed by atoms with Crippen LogP contribution in [0.15, 0.2) is 0 Å². The van der Waals surface area contributed by atoms with Crippen LogP contribution in [0.4, 0.5) is 0 Å². The number of hydrogen-bond acceptors (Lipinski definition) is 3. The lowest BCUT2D eigenvalue weighted by atomic mass is 10.0. The van der Waals surface area contributed by atoms with Gasteiger partial charge in [-0.1, -0.05) is 6.42 Å². The Morgan fingerprint density at radius 3 is 2.87 bits per heavy atom. The average molecular weight is 212 g/mol. The molecule has 2 fully saturated rings. The summed E-state index contributed by atoms with van der Waals surface area (Å²) in [5, 5.41) is 7.15. The zero-order valence-corrected chi connectivity index (χ0v) is 9.80. The molecule has 2 heterocycles. The third-order valence-corrected chi connectivity index (χ3v) is 3.74. The fraction of sp³-hybridized carbons (Fsp3) is 1.00. The van der Waals surface area contributed by atoms with E-state index in [1.165, 1.54) is 32.2 Å². The SMILES string of the molecule is CC1OCCC1CNCC1CCCCN1. The lowest BCUT2D eigenvalue weighted by Gasteiger charge is -2.24. The first-order valence-electron chi connectivity index (χ1n) is 6.42. The maximum atomic E-state index is 5.55. The molecule has 0 saturated carbocycles. The summed E-state index contributed by atoms with van der Waals surface area (Å²) in [4.78, 5) is 0. The Morgan fingerprint density at radius 1 is 1.27 bits per heavy atom. The lowest BCUT2D eigenvalue weighted by molar-refractivity contribution is 0.105. The van der Waals surface area contributed by atoms with Gasteiger partial charge in [0.25, 0.3) is 0 Å². The molecule has 3 unspecified atom stereocenters. The van der Waals surface area contributed by atoms with Crippen LogP contribution in [0, 0.1) is 5.92 Å². The molecule has 0 spiro atoms. The van der Waals surface area contributed by atoms with Crippen LogP contribution in [-0.2, 0) is 4.74 Å². The minimum Gasteiger partial charge on any atom is -0.378 e. The molecule has 3 atom stereocenters. The summed E-state index contributed by atoms with van der Waals surface area (Å²) in [5.41, 5.74) is 0. The molecule has 0 bridgehead atoms. The first-order chi connectivity index (χ1) is 7.36. The predicted octanol–water partition coefficient (Wildman–Crippen LogP) is 1.14. The Hall–Kier alpha value is -0.120. The summed E-state index contributed by atoms with van der Waals surface area (Å²) < 4.78 is 5.55. The highest BCUT2D eigenvalue weighted by Crippen LogP contribution is 2.19. The topological polar surface area (TPSA) is 33.3 Å². The van der Waals surface area contributed by atoms with Crippen LogP contribution in [0.5, 0.6) is 0 Å². The third kappa shape index (κ3) is 3.44. The van der Waals surface area contributed by atoms with Gasteiger partial charge in [-0.2, -0.15) is 0 Å². The van der Waals surface area contributed by atoms with E-state index in [1.54, 1.807) is 0 Å². The molecule has 2 rings (SSSR count). The Labute approximate surface area is 93.0 Å². The molecule has 88 valence electrons. The molecule has 3 nitrogen and oxygen atoms in total. The quantitative estimate of drug-likeness (QED) is 0.733. The van der Waals surface area contributed by atoms with Crippen LogP contribution in [0.2, 0.25) is 0 Å². The van der Waals surface area contributed by atoms with E-state index in [4.69, 9.17) is 4.74 Å². The van der Waals surface area contributed by atoms with Gasteiger partial charge in [-0.25, -0.2) is 0 Å². The molecule has 2 saturated heterocycles. The van der Waals surface area contributed by atoms with Crippen LogP contribution in [-0.4, -0.2) is 38.4 Å². The molecule has 15 heavy (non-hydrogen) atoms. The molecule has 0 aliphatic carbocycles. The highest BCUT2D eigenvalue weighted by molar-refractivity contribution is 4.78. The number of rotatable bonds is 4. The molecule has 0 aromatic rings. The molecular formula is C12H24N2O. The van der Waals surface area contributed by atoms with E-state index < -0.39 is 0 Å². The normalized spacial score (nSPS) is 37.0. The van der Waals surface area contributed by atoms with E-state index in [0.29, 0.717) is 12.1 Å². The summed E-state index contributed by atoms with van der Waals surface area (Å²) >= 11 is 0. The highest BCUT2D eigenvalue weighted by atomic mass is 16.5. The number of ether oxygens (including phenoxy) is 1. The van der Waals surface area contributed by atoms with Crippen molar-refractivity contribution in [1.82, 2.24) is 10.6 Å². The zero-order chi connectivity index (χ0) is 10.5. The van der Waals surface area contributed by atoms with Crippen molar-refractivity contribution in [2.75, 3.05) is 26.2 Å². The largest absolute Gasteiger partial charge is 0.378 e. The van der Waals surface area contributed by atoms with Crippen molar-refractivity contribution in [3.05, 3.63) is 0 Å². The van der Waals surface area contributed by atoms with Gasteiger partial charge in [-0.05, 0) is 38.6 Å². The minimum atomic E-state index is 0.455. The van der Waals surface area contributed by atoms with E-state index in [0.717, 1.165) is 25.6 Å². The number of nitrogens with one attached hydrogen (secondary N) is 2. The molecule has 2 aliphatic rings. The fourth-order valence-corrected chi connectivity index (χ4v) is 2.59. The van der Waals surface area contributed by atoms with E-state index in [9.17, 15) is 0 Å². The number of piperidine rings is 1. The van der Waals surface area contributed by atoms with Gasteiger partial charge in [0.1, 0.15) is 0 Å². The third-order valence-electron chi connectivity index (χ3n) is 3.74. The maximum Gasteiger partial charge on any atom is 0.0588 e. The van der Waals surface area contributed by atoms with Gasteiger partial charge in [-0.3, -0.25) is 0 Å². The summed E-state index contributed by atoms with van der Waals surface area (Å²) in [5.74, 6) is 0.730. The molecule has 3 heteroatoms. The summed E-state index contributed by atoms with van der Waals surface area (Å²) in [7, 11) is 0. The monoisotopic (exact) mass is 212 g/mol. The summed E-state index contributed by atoms with van der Waals surface area (Å²) in [6.07, 6.45) is 5.76. The average Bonchev–Trinajstić information content (AvgIpc) is 2.66. The lowest BCUT2D eigenvalue weighted by Crippen LogP contribution is -2.43.